The van der Waals surface area contributed by atoms with Crippen molar-refractivity contribution in [3.05, 3.63) is 0 Å². The first-order chi connectivity index (χ1) is 60.5. The third-order valence-electron chi connectivity index (χ3n) is 26.3. The van der Waals surface area contributed by atoms with Crippen molar-refractivity contribution < 1.29 is 167 Å². The van der Waals surface area contributed by atoms with E-state index < -0.39 is 140 Å². The van der Waals surface area contributed by atoms with E-state index in [0.29, 0.717) is 245 Å². The molecule has 17 unspecified atom stereocenters. The van der Waals surface area contributed by atoms with Gasteiger partial charge in [0.1, 0.15) is 73.1 Å². The number of hydrogen-bond donors (Lipinski definition) is 18. The van der Waals surface area contributed by atoms with Gasteiger partial charge < -0.3 is 142 Å². The van der Waals surface area contributed by atoms with E-state index in [1.807, 2.05) is 14.7 Å². The second-order valence-corrected chi connectivity index (χ2v) is 35.8. The molecule has 0 spiro atoms. The van der Waals surface area contributed by atoms with E-state index in [1.54, 1.807) is 0 Å². The van der Waals surface area contributed by atoms with Gasteiger partial charge in [-0.15, -0.1) is 6.61 Å². The Morgan fingerprint density at radius 1 is 0.386 bits per heavy atom. The topological polar surface area (TPSA) is 574 Å². The zero-order valence-corrected chi connectivity index (χ0v) is 77.4. The molecule has 0 radical (unpaired) electrons. The van der Waals surface area contributed by atoms with Crippen molar-refractivity contribution in [1.82, 2.24) is 57.2 Å². The SMILES string of the molecule is CC(=O)NC1C(OCCCCC(=O)NCCCCCC(=O)NCC(CCC(=O)NCCCCCC(=O)N2CC3CC(C[O-])(CO)CC3C2)(C2CCN(C(=O)CCCCCNC(=O)CCCCOC3OC(CO)C(O)C(O)C3NC(C)=O)CC2)C2CCN(C(=O)CCCCCNC(=O)CCCCOC3OC(CO)C(O)C(O)C3NC(C)=O)CC2)OC(CO)C(O)C1O.[Na+]. The van der Waals surface area contributed by atoms with Crippen LogP contribution in [-0.2, 0) is 81.2 Å². The van der Waals surface area contributed by atoms with E-state index >= 15 is 0 Å². The molecule has 6 saturated heterocycles. The number of hydrogen-bond acceptors (Lipinski definition) is 28. The molecular weight excluding hydrogens is 1670 g/mol. The molecule has 6 aliphatic heterocycles. The minimum Gasteiger partial charge on any atom is -0.854 e. The summed E-state index contributed by atoms with van der Waals surface area (Å²) in [7, 11) is 0. The summed E-state index contributed by atoms with van der Waals surface area (Å²) >= 11 is 0. The number of nitrogens with zero attached hydrogens (tertiary/aromatic N) is 3. The molecule has 127 heavy (non-hydrogen) atoms. The summed E-state index contributed by atoms with van der Waals surface area (Å²) in [5.41, 5.74) is -1.24. The summed E-state index contributed by atoms with van der Waals surface area (Å²) in [6, 6.07) is -3.23. The van der Waals surface area contributed by atoms with Crippen LogP contribution in [0.3, 0.4) is 0 Å². The molecule has 7 aliphatic rings. The number of piperidine rings is 2. The zero-order valence-electron chi connectivity index (χ0n) is 75.4. The normalized spacial score (nSPS) is 27.9. The standard InChI is InChI=1S/C87H150N11O28.Na/c1-56(104)93-74-80(118)77(115)63(50-99)124-83(74)121-43-19-12-23-66(107)88-35-15-4-8-22-69(110)92-53-87(34-29-70(111)91-38-18-7-11-28-73(114)98-48-59-46-86(54-102,55-103)47-60(59)49-98,61-30-39-96(40-31-61)71(112)26-9-5-16-36-89-67(108)24-13-20-44-122-84-75(94-57(2)105)81(119)78(116)64(51-100)125-84)62-32-41-97(42-33-62)72(113)27-10-6-17-37-90-68(109)25-14-21-45-123-85-76(95-58(3)106)82(120)79(117)65(52-101)126-85;/h59-65,74-85,99-102,115-120H,4-55H2,1-3H3,(H,88,107)(H,89,108)(H,90,109)(H,91,111)(H,92,110)(H,93,104)(H,94,105)(H,95,106);/q-1;+1. The van der Waals surface area contributed by atoms with E-state index in [4.69, 9.17) is 28.4 Å². The summed E-state index contributed by atoms with van der Waals surface area (Å²) in [5, 5.41) is 136. The Balaban J connectivity index is 0.0000249. The van der Waals surface area contributed by atoms with Gasteiger partial charge in [0, 0.05) is 171 Å². The Labute approximate surface area is 768 Å². The number of aliphatic hydroxyl groups is 10. The van der Waals surface area contributed by atoms with Gasteiger partial charge in [-0.05, 0) is 169 Å². The molecule has 0 aromatic heterocycles. The van der Waals surface area contributed by atoms with E-state index in [1.165, 1.54) is 20.8 Å². The molecule has 11 amide bonds. The van der Waals surface area contributed by atoms with Gasteiger partial charge in [0.2, 0.25) is 65.0 Å². The summed E-state index contributed by atoms with van der Waals surface area (Å²) in [5.74, 6) is -1.82. The molecule has 1 saturated carbocycles. The predicted molar refractivity (Wildman–Crippen MR) is 452 cm³/mol. The number of nitrogens with one attached hydrogen (secondary N) is 8. The largest absolute Gasteiger partial charge is 1.00 e. The van der Waals surface area contributed by atoms with Crippen LogP contribution in [0.5, 0.6) is 0 Å². The number of likely N-dealkylation sites (tertiary alicyclic amines) is 3. The number of aliphatic hydroxyl groups excluding tert-OH is 10. The van der Waals surface area contributed by atoms with Gasteiger partial charge in [0.05, 0.1) is 19.8 Å². The van der Waals surface area contributed by atoms with Crippen LogP contribution in [0.1, 0.15) is 233 Å². The fourth-order valence-electron chi connectivity index (χ4n) is 19.0. The maximum atomic E-state index is 14.2. The van der Waals surface area contributed by atoms with Crippen molar-refractivity contribution in [3.63, 3.8) is 0 Å². The number of ether oxygens (including phenoxy) is 6. The van der Waals surface area contributed by atoms with Gasteiger partial charge in [0.25, 0.3) is 0 Å². The average Bonchev–Trinajstić information content (AvgIpc) is 1.51. The molecule has 18 N–H and O–H groups in total. The van der Waals surface area contributed by atoms with Crippen molar-refractivity contribution >= 4 is 65.0 Å². The Bertz CT molecular complexity index is 3190. The van der Waals surface area contributed by atoms with Gasteiger partial charge >= 0.3 is 29.6 Å². The maximum absolute atomic E-state index is 14.2. The fourth-order valence-corrected chi connectivity index (χ4v) is 19.0. The molecule has 0 bridgehead atoms. The van der Waals surface area contributed by atoms with E-state index in [0.717, 1.165) is 0 Å². The quantitative estimate of drug-likeness (QED) is 0.0200. The molecule has 39 nitrogen and oxygen atoms in total. The Hall–Kier alpha value is -5.51. The first-order valence-corrected chi connectivity index (χ1v) is 46.4. The monoisotopic (exact) mass is 1820 g/mol. The van der Waals surface area contributed by atoms with E-state index in [-0.39, 0.29) is 172 Å². The second kappa shape index (κ2) is 58.5. The van der Waals surface area contributed by atoms with Crippen LogP contribution >= 0.6 is 0 Å². The average molecular weight is 1820 g/mol. The Morgan fingerprint density at radius 3 is 0.976 bits per heavy atom. The zero-order chi connectivity index (χ0) is 91.7. The third-order valence-corrected chi connectivity index (χ3v) is 26.3. The molecule has 0 aromatic rings. The summed E-state index contributed by atoms with van der Waals surface area (Å²) in [6.45, 7) is 6.73. The van der Waals surface area contributed by atoms with Crippen molar-refractivity contribution in [2.75, 3.05) is 125 Å². The molecule has 17 atom stereocenters. The smallest absolute Gasteiger partial charge is 0.854 e. The molecule has 40 heteroatoms. The minimum atomic E-state index is -1.45. The second-order valence-electron chi connectivity index (χ2n) is 35.8. The van der Waals surface area contributed by atoms with Crippen LogP contribution in [0.15, 0.2) is 0 Å². The van der Waals surface area contributed by atoms with Crippen molar-refractivity contribution in [1.29, 1.82) is 0 Å². The molecule has 722 valence electrons. The first kappa shape index (κ1) is 110. The van der Waals surface area contributed by atoms with Gasteiger partial charge in [-0.25, -0.2) is 0 Å². The molecule has 0 aromatic carbocycles. The summed E-state index contributed by atoms with van der Waals surface area (Å²) in [6.07, 6.45) is 0.821. The minimum absolute atomic E-state index is 0. The van der Waals surface area contributed by atoms with E-state index in [2.05, 4.69) is 42.5 Å². The predicted octanol–water partition coefficient (Wildman–Crippen LogP) is -5.34. The number of rotatable bonds is 57. The fraction of sp³-hybridized carbons (Fsp3) is 0.874. The van der Waals surface area contributed by atoms with Gasteiger partial charge in [0.15, 0.2) is 18.9 Å². The summed E-state index contributed by atoms with van der Waals surface area (Å²) < 4.78 is 34.2. The van der Waals surface area contributed by atoms with Crippen LogP contribution in [0.2, 0.25) is 0 Å². The number of carbonyl (C=O) groups excluding carboxylic acids is 11. The molecule has 7 rings (SSSR count). The number of fused-ring (bicyclic) bond motifs is 1. The number of carbonyl (C=O) groups is 11. The van der Waals surface area contributed by atoms with Crippen LogP contribution in [0.4, 0.5) is 0 Å². The molecular formula is C87H150N11NaO28. The number of amides is 11. The molecule has 1 aliphatic carbocycles. The summed E-state index contributed by atoms with van der Waals surface area (Å²) in [4.78, 5) is 149. The maximum Gasteiger partial charge on any atom is 1.00 e. The van der Waals surface area contributed by atoms with Crippen LogP contribution in [0.25, 0.3) is 0 Å². The molecule has 6 heterocycles. The van der Waals surface area contributed by atoms with Crippen molar-refractivity contribution in [3.8, 4) is 0 Å². The molecule has 7 fully saturated rings. The van der Waals surface area contributed by atoms with Crippen LogP contribution in [0, 0.1) is 34.5 Å². The number of unbranched alkanes of at least 4 members (excludes halogenated alkanes) is 11. The Morgan fingerprint density at radius 2 is 0.677 bits per heavy atom. The Kier molecular flexibility index (Phi) is 50.8. The van der Waals surface area contributed by atoms with Crippen LogP contribution in [-0.4, -0.2) is 348 Å². The van der Waals surface area contributed by atoms with Gasteiger partial charge in [-0.1, -0.05) is 25.7 Å². The van der Waals surface area contributed by atoms with E-state index in [9.17, 15) is 109 Å². The van der Waals surface area contributed by atoms with Gasteiger partial charge in [-0.3, -0.25) is 52.7 Å². The van der Waals surface area contributed by atoms with Crippen LogP contribution < -0.4 is 77.2 Å². The third kappa shape index (κ3) is 36.1. The van der Waals surface area contributed by atoms with Crippen molar-refractivity contribution in [2.24, 2.45) is 34.5 Å². The van der Waals surface area contributed by atoms with Gasteiger partial charge in [-0.2, -0.15) is 0 Å². The van der Waals surface area contributed by atoms with Crippen molar-refractivity contribution in [2.45, 2.75) is 325 Å². The first-order valence-electron chi connectivity index (χ1n) is 46.4.